The van der Waals surface area contributed by atoms with Gasteiger partial charge in [-0.3, -0.25) is 4.79 Å². The third-order valence-corrected chi connectivity index (χ3v) is 6.89. The lowest BCUT2D eigenvalue weighted by atomic mass is 9.99. The van der Waals surface area contributed by atoms with Crippen molar-refractivity contribution in [2.24, 2.45) is 7.05 Å². The van der Waals surface area contributed by atoms with Crippen molar-refractivity contribution in [3.05, 3.63) is 51.2 Å². The molecule has 0 saturated heterocycles. The number of aryl methyl sites for hydroxylation is 2. The quantitative estimate of drug-likeness (QED) is 0.440. The number of nitrogens with zero attached hydrogens (tertiary/aromatic N) is 2. The van der Waals surface area contributed by atoms with Crippen LogP contribution in [0.25, 0.3) is 0 Å². The lowest BCUT2D eigenvalue weighted by molar-refractivity contribution is -0.130. The molecule has 0 unspecified atom stereocenters. The van der Waals surface area contributed by atoms with Crippen molar-refractivity contribution in [1.29, 1.82) is 0 Å². The number of carbonyl (C=O) groups excluding carboxylic acids is 2. The van der Waals surface area contributed by atoms with E-state index in [0.29, 0.717) is 17.7 Å². The van der Waals surface area contributed by atoms with Crippen molar-refractivity contribution in [3.63, 3.8) is 0 Å². The second kappa shape index (κ2) is 9.56. The molecular weight excluding hydrogens is 456 g/mol. The van der Waals surface area contributed by atoms with Crippen LogP contribution in [0.4, 0.5) is 0 Å². The van der Waals surface area contributed by atoms with Gasteiger partial charge in [-0.15, -0.1) is 0 Å². The minimum Gasteiger partial charge on any atom is -0.404 e. The van der Waals surface area contributed by atoms with Crippen LogP contribution < -0.4 is 4.74 Å². The molecule has 172 valence electrons. The average Bonchev–Trinajstić information content (AvgIpc) is 3.01. The minimum atomic E-state index is -3.59. The van der Waals surface area contributed by atoms with Crippen LogP contribution >= 0.6 is 11.6 Å². The van der Waals surface area contributed by atoms with Crippen LogP contribution in [0, 0.1) is 6.92 Å². The molecule has 3 rings (SSSR count). The Morgan fingerprint density at radius 2 is 1.97 bits per heavy atom. The Labute approximate surface area is 192 Å². The molecule has 0 N–H and O–H groups in total. The first kappa shape index (κ1) is 24.2. The second-order valence-corrected chi connectivity index (χ2v) is 10.1. The lowest BCUT2D eigenvalue weighted by Gasteiger charge is -2.14. The Balaban J connectivity index is 2.06. The SMILES string of the molecule is COCc1c(S(C)(=O)=O)ccc(C(=O)c2c(C)nn(C)c2OC(=O)C2=CCCCC2)c1Cl. The van der Waals surface area contributed by atoms with Gasteiger partial charge in [0.05, 0.1) is 22.2 Å². The number of allylic oxidation sites excluding steroid dienone is 1. The number of sulfone groups is 1. The number of ether oxygens (including phenoxy) is 2. The van der Waals surface area contributed by atoms with Crippen LogP contribution in [0.15, 0.2) is 28.7 Å². The van der Waals surface area contributed by atoms with Gasteiger partial charge in [-0.2, -0.15) is 5.10 Å². The van der Waals surface area contributed by atoms with Crippen molar-refractivity contribution >= 4 is 33.2 Å². The lowest BCUT2D eigenvalue weighted by Crippen LogP contribution is -2.17. The molecule has 0 fully saturated rings. The van der Waals surface area contributed by atoms with E-state index in [9.17, 15) is 18.0 Å². The Bertz CT molecular complexity index is 1210. The van der Waals surface area contributed by atoms with E-state index in [2.05, 4.69) is 5.10 Å². The molecule has 0 amide bonds. The molecule has 0 bridgehead atoms. The van der Waals surface area contributed by atoms with Crippen molar-refractivity contribution in [3.8, 4) is 5.88 Å². The standard InChI is InChI=1S/C22H25ClN2O6S/c1-13-18(21(25(2)24-13)31-22(27)14-8-6-5-7-9-14)20(26)15-10-11-17(32(4,28)29)16(12-30-3)19(15)23/h8,10-11H,5-7,9,12H2,1-4H3. The monoisotopic (exact) mass is 480 g/mol. The molecule has 8 nitrogen and oxygen atoms in total. The summed E-state index contributed by atoms with van der Waals surface area (Å²) in [7, 11) is -0.615. The van der Waals surface area contributed by atoms with Gasteiger partial charge < -0.3 is 9.47 Å². The second-order valence-electron chi connectivity index (χ2n) is 7.69. The first-order valence-electron chi connectivity index (χ1n) is 10.1. The molecule has 1 aliphatic rings. The number of carbonyl (C=O) groups is 2. The summed E-state index contributed by atoms with van der Waals surface area (Å²) in [6, 6.07) is 2.68. The third kappa shape index (κ3) is 4.79. The van der Waals surface area contributed by atoms with Crippen molar-refractivity contribution in [1.82, 2.24) is 9.78 Å². The van der Waals surface area contributed by atoms with Gasteiger partial charge >= 0.3 is 5.97 Å². The van der Waals surface area contributed by atoms with Crippen LogP contribution in [0.5, 0.6) is 5.88 Å². The van der Waals surface area contributed by atoms with E-state index in [4.69, 9.17) is 21.1 Å². The van der Waals surface area contributed by atoms with Crippen molar-refractivity contribution in [2.75, 3.05) is 13.4 Å². The summed E-state index contributed by atoms with van der Waals surface area (Å²) in [5.41, 5.74) is 1.28. The molecule has 0 radical (unpaired) electrons. The number of rotatable bonds is 7. The molecular formula is C22H25ClN2O6S. The molecule has 0 saturated carbocycles. The average molecular weight is 481 g/mol. The minimum absolute atomic E-state index is 0.0142. The molecule has 1 aromatic carbocycles. The molecule has 1 aromatic heterocycles. The highest BCUT2D eigenvalue weighted by atomic mass is 35.5. The topological polar surface area (TPSA) is 105 Å². The fraction of sp³-hybridized carbons (Fsp3) is 0.409. The fourth-order valence-corrected chi connectivity index (χ4v) is 5.02. The molecule has 10 heteroatoms. The summed E-state index contributed by atoms with van der Waals surface area (Å²) in [5, 5.41) is 4.20. The number of benzene rings is 1. The van der Waals surface area contributed by atoms with E-state index >= 15 is 0 Å². The first-order chi connectivity index (χ1) is 15.1. The van der Waals surface area contributed by atoms with Crippen LogP contribution in [-0.2, 0) is 33.0 Å². The number of hydrogen-bond acceptors (Lipinski definition) is 7. The van der Waals surface area contributed by atoms with Gasteiger partial charge in [-0.25, -0.2) is 17.9 Å². The van der Waals surface area contributed by atoms with E-state index in [1.165, 1.54) is 23.9 Å². The molecule has 2 aromatic rings. The normalized spacial score (nSPS) is 14.2. The highest BCUT2D eigenvalue weighted by molar-refractivity contribution is 7.90. The van der Waals surface area contributed by atoms with Gasteiger partial charge in [-0.05, 0) is 44.7 Å². The van der Waals surface area contributed by atoms with Gasteiger partial charge in [-0.1, -0.05) is 17.7 Å². The molecule has 1 heterocycles. The van der Waals surface area contributed by atoms with Gasteiger partial charge in [0.15, 0.2) is 9.84 Å². The van der Waals surface area contributed by atoms with E-state index in [-0.39, 0.29) is 39.1 Å². The highest BCUT2D eigenvalue weighted by Crippen LogP contribution is 2.33. The van der Waals surface area contributed by atoms with Crippen LogP contribution in [0.1, 0.15) is 52.9 Å². The molecule has 0 spiro atoms. The number of methoxy groups -OCH3 is 1. The van der Waals surface area contributed by atoms with E-state index in [0.717, 1.165) is 25.5 Å². The Hall–Kier alpha value is -2.49. The fourth-order valence-electron chi connectivity index (χ4n) is 3.73. The van der Waals surface area contributed by atoms with Crippen molar-refractivity contribution in [2.45, 2.75) is 44.1 Å². The number of halogens is 1. The Morgan fingerprint density at radius 1 is 1.25 bits per heavy atom. The summed E-state index contributed by atoms with van der Waals surface area (Å²) in [6.45, 7) is 1.53. The van der Waals surface area contributed by atoms with E-state index < -0.39 is 21.6 Å². The maximum Gasteiger partial charge on any atom is 0.340 e. The van der Waals surface area contributed by atoms with Gasteiger partial charge in [0, 0.05) is 37.1 Å². The summed E-state index contributed by atoms with van der Waals surface area (Å²) >= 11 is 6.47. The Kier molecular flexibility index (Phi) is 7.22. The molecule has 1 aliphatic carbocycles. The zero-order valence-corrected chi connectivity index (χ0v) is 20.0. The van der Waals surface area contributed by atoms with E-state index in [1.807, 2.05) is 6.08 Å². The zero-order chi connectivity index (χ0) is 23.6. The number of aromatic nitrogens is 2. The van der Waals surface area contributed by atoms with Gasteiger partial charge in [0.1, 0.15) is 5.56 Å². The zero-order valence-electron chi connectivity index (χ0n) is 18.4. The first-order valence-corrected chi connectivity index (χ1v) is 12.3. The van der Waals surface area contributed by atoms with Crippen LogP contribution in [0.3, 0.4) is 0 Å². The predicted octanol–water partition coefficient (Wildman–Crippen LogP) is 3.57. The highest BCUT2D eigenvalue weighted by Gasteiger charge is 2.29. The summed E-state index contributed by atoms with van der Waals surface area (Å²) in [5.74, 6) is -1.03. The van der Waals surface area contributed by atoms with Crippen LogP contribution in [0.2, 0.25) is 5.02 Å². The maximum atomic E-state index is 13.5. The molecule has 0 aliphatic heterocycles. The summed E-state index contributed by atoms with van der Waals surface area (Å²) in [6.07, 6.45) is 6.28. The van der Waals surface area contributed by atoms with Crippen molar-refractivity contribution < 1.29 is 27.5 Å². The summed E-state index contributed by atoms with van der Waals surface area (Å²) < 4.78 is 36.3. The van der Waals surface area contributed by atoms with Crippen LogP contribution in [-0.4, -0.2) is 43.3 Å². The largest absolute Gasteiger partial charge is 0.404 e. The number of ketones is 1. The smallest absolute Gasteiger partial charge is 0.340 e. The number of hydrogen-bond donors (Lipinski definition) is 0. The summed E-state index contributed by atoms with van der Waals surface area (Å²) in [4.78, 5) is 26.1. The van der Waals surface area contributed by atoms with Gasteiger partial charge in [0.2, 0.25) is 11.7 Å². The van der Waals surface area contributed by atoms with Gasteiger partial charge in [0.25, 0.3) is 0 Å². The predicted molar refractivity (Wildman–Crippen MR) is 119 cm³/mol. The molecule has 32 heavy (non-hydrogen) atoms. The Morgan fingerprint density at radius 3 is 2.56 bits per heavy atom. The maximum absolute atomic E-state index is 13.5. The number of esters is 1. The van der Waals surface area contributed by atoms with E-state index in [1.54, 1.807) is 14.0 Å². The molecule has 0 atom stereocenters. The third-order valence-electron chi connectivity index (χ3n) is 5.27.